The molecular weight excluding hydrogens is 574 g/mol. The van der Waals surface area contributed by atoms with Crippen LogP contribution in [0, 0.1) is 12.8 Å². The van der Waals surface area contributed by atoms with Crippen molar-refractivity contribution in [3.05, 3.63) is 106 Å². The number of hydrogen-bond donors (Lipinski definition) is 2. The van der Waals surface area contributed by atoms with Gasteiger partial charge in [-0.2, -0.15) is 13.5 Å². The molecule has 42 heavy (non-hydrogen) atoms. The Kier molecular flexibility index (Phi) is 10.1. The number of halogens is 1. The van der Waals surface area contributed by atoms with Gasteiger partial charge in [-0.25, -0.2) is 9.63 Å². The second kappa shape index (κ2) is 13.5. The van der Waals surface area contributed by atoms with Crippen molar-refractivity contribution in [2.45, 2.75) is 43.9 Å². The second-order valence-corrected chi connectivity index (χ2v) is 12.3. The van der Waals surface area contributed by atoms with Crippen LogP contribution >= 0.6 is 12.4 Å². The van der Waals surface area contributed by atoms with Gasteiger partial charge in [-0.3, -0.25) is 0 Å². The van der Waals surface area contributed by atoms with Gasteiger partial charge in [-0.05, 0) is 69.6 Å². The molecule has 2 heterocycles. The molecule has 0 bridgehead atoms. The van der Waals surface area contributed by atoms with Gasteiger partial charge < -0.3 is 14.4 Å². The third kappa shape index (κ3) is 6.86. The number of sulfonamides is 1. The van der Waals surface area contributed by atoms with Crippen LogP contribution in [0.3, 0.4) is 0 Å². The van der Waals surface area contributed by atoms with E-state index in [1.165, 1.54) is 0 Å². The number of hydrazone groups is 1. The maximum atomic E-state index is 13.5. The lowest BCUT2D eigenvalue weighted by Crippen LogP contribution is -2.40. The monoisotopic (exact) mass is 609 g/mol. The number of likely N-dealkylation sites (tertiary alicyclic amines) is 1. The summed E-state index contributed by atoms with van der Waals surface area (Å²) in [7, 11) is -3.92. The summed E-state index contributed by atoms with van der Waals surface area (Å²) in [6.45, 7) is 5.95. The van der Waals surface area contributed by atoms with Gasteiger partial charge in [0.15, 0.2) is 0 Å². The fourth-order valence-electron chi connectivity index (χ4n) is 5.57. The van der Waals surface area contributed by atoms with Crippen LogP contribution in [0.2, 0.25) is 0 Å². The molecule has 10 heteroatoms. The van der Waals surface area contributed by atoms with Gasteiger partial charge in [0.2, 0.25) is 0 Å². The zero-order chi connectivity index (χ0) is 29.0. The van der Waals surface area contributed by atoms with Gasteiger partial charge in [-0.15, -0.1) is 12.4 Å². The van der Waals surface area contributed by atoms with E-state index in [9.17, 15) is 18.3 Å². The van der Waals surface area contributed by atoms with Crippen molar-refractivity contribution in [3.63, 3.8) is 0 Å². The Balaban J connectivity index is 0.00000405. The molecule has 2 atom stereocenters. The SMILES string of the molecule is C/C(=N\NS(=O)(=O)c1ccc(C)cc1)C(CN1CCCCC1)C(c1ccccc1)c1c(O)c2ccccc2oc1=O.Cl. The number of para-hydroxylation sites is 1. The third-order valence-corrected chi connectivity index (χ3v) is 9.03. The molecule has 2 unspecified atom stereocenters. The molecule has 1 aromatic heterocycles. The largest absolute Gasteiger partial charge is 0.507 e. The standard InChI is InChI=1S/C32H35N3O5S.ClH/c1-22-15-17-25(18-16-22)41(38,39)34-33-23(2)27(21-35-19-9-4-10-20-35)29(24-11-5-3-6-12-24)30-31(36)26-13-7-8-14-28(26)40-32(30)37;/h3,5-8,11-18,27,29,34,36H,4,9-10,19-21H2,1-2H3;1H/b33-23+;. The molecule has 0 amide bonds. The second-order valence-electron chi connectivity index (χ2n) is 10.7. The fourth-order valence-corrected chi connectivity index (χ4v) is 6.43. The average Bonchev–Trinajstić information content (AvgIpc) is 2.98. The maximum Gasteiger partial charge on any atom is 0.343 e. The Morgan fingerprint density at radius 3 is 2.31 bits per heavy atom. The van der Waals surface area contributed by atoms with E-state index in [0.29, 0.717) is 23.2 Å². The predicted octanol–water partition coefficient (Wildman–Crippen LogP) is 5.82. The Bertz CT molecular complexity index is 1700. The maximum absolute atomic E-state index is 13.5. The molecule has 4 aromatic rings. The summed E-state index contributed by atoms with van der Waals surface area (Å²) < 4.78 is 31.9. The van der Waals surface area contributed by atoms with E-state index in [1.54, 1.807) is 55.5 Å². The van der Waals surface area contributed by atoms with E-state index >= 15 is 0 Å². The predicted molar refractivity (Wildman–Crippen MR) is 168 cm³/mol. The van der Waals surface area contributed by atoms with Crippen LogP contribution < -0.4 is 10.5 Å². The molecule has 1 saturated heterocycles. The van der Waals surface area contributed by atoms with Crippen molar-refractivity contribution < 1.29 is 17.9 Å². The first-order valence-corrected chi connectivity index (χ1v) is 15.4. The van der Waals surface area contributed by atoms with E-state index in [-0.39, 0.29) is 28.6 Å². The Labute approximate surface area is 252 Å². The van der Waals surface area contributed by atoms with Gasteiger partial charge >= 0.3 is 5.63 Å². The highest BCUT2D eigenvalue weighted by molar-refractivity contribution is 7.89. The lowest BCUT2D eigenvalue weighted by Gasteiger charge is -2.34. The average molecular weight is 610 g/mol. The van der Waals surface area contributed by atoms with Crippen molar-refractivity contribution in [1.29, 1.82) is 0 Å². The van der Waals surface area contributed by atoms with Gasteiger partial charge in [-0.1, -0.05) is 66.6 Å². The molecule has 0 saturated carbocycles. The van der Waals surface area contributed by atoms with Crippen LogP contribution in [0.5, 0.6) is 5.75 Å². The van der Waals surface area contributed by atoms with Gasteiger partial charge in [0, 0.05) is 24.1 Å². The summed E-state index contributed by atoms with van der Waals surface area (Å²) in [5, 5.41) is 16.3. The zero-order valence-electron chi connectivity index (χ0n) is 23.7. The number of fused-ring (bicyclic) bond motifs is 1. The summed E-state index contributed by atoms with van der Waals surface area (Å²) in [5.74, 6) is -1.24. The van der Waals surface area contributed by atoms with Gasteiger partial charge in [0.25, 0.3) is 10.0 Å². The van der Waals surface area contributed by atoms with Crippen molar-refractivity contribution in [2.75, 3.05) is 19.6 Å². The molecule has 1 aliphatic heterocycles. The molecule has 1 aliphatic rings. The zero-order valence-corrected chi connectivity index (χ0v) is 25.3. The molecule has 222 valence electrons. The number of benzene rings is 3. The van der Waals surface area contributed by atoms with Crippen LogP contribution in [-0.2, 0) is 10.0 Å². The molecule has 0 radical (unpaired) electrons. The molecule has 2 N–H and O–H groups in total. The van der Waals surface area contributed by atoms with E-state index in [1.807, 2.05) is 37.3 Å². The summed E-state index contributed by atoms with van der Waals surface area (Å²) in [4.78, 5) is 18.4. The quantitative estimate of drug-likeness (QED) is 0.141. The van der Waals surface area contributed by atoms with Crippen LogP contribution in [0.15, 0.2) is 98.1 Å². The summed E-state index contributed by atoms with van der Waals surface area (Å²) in [5.41, 5.74) is 2.04. The number of rotatable bonds is 9. The van der Waals surface area contributed by atoms with Crippen LogP contribution in [0.25, 0.3) is 11.0 Å². The number of nitrogens with zero attached hydrogens (tertiary/aromatic N) is 2. The van der Waals surface area contributed by atoms with Gasteiger partial charge in [0.1, 0.15) is 11.3 Å². The lowest BCUT2D eigenvalue weighted by atomic mass is 9.78. The van der Waals surface area contributed by atoms with E-state index < -0.39 is 27.5 Å². The van der Waals surface area contributed by atoms with Crippen LogP contribution in [0.4, 0.5) is 0 Å². The number of hydrogen-bond acceptors (Lipinski definition) is 7. The number of nitrogens with one attached hydrogen (secondary N) is 1. The minimum Gasteiger partial charge on any atom is -0.507 e. The summed E-state index contributed by atoms with van der Waals surface area (Å²) in [6, 6.07) is 22.9. The van der Waals surface area contributed by atoms with Crippen LogP contribution in [-0.4, -0.2) is 43.8 Å². The molecule has 1 fully saturated rings. The van der Waals surface area contributed by atoms with E-state index in [0.717, 1.165) is 43.5 Å². The third-order valence-electron chi connectivity index (χ3n) is 7.81. The van der Waals surface area contributed by atoms with Crippen molar-refractivity contribution in [3.8, 4) is 5.75 Å². The van der Waals surface area contributed by atoms with Crippen molar-refractivity contribution in [1.82, 2.24) is 9.73 Å². The minimum atomic E-state index is -3.92. The highest BCUT2D eigenvalue weighted by atomic mass is 35.5. The first-order chi connectivity index (χ1) is 19.7. The smallest absolute Gasteiger partial charge is 0.343 e. The first kappa shape index (κ1) is 31.3. The fraction of sp³-hybridized carbons (Fsp3) is 0.312. The topological polar surface area (TPSA) is 112 Å². The van der Waals surface area contributed by atoms with E-state index in [2.05, 4.69) is 14.8 Å². The van der Waals surface area contributed by atoms with Crippen LogP contribution in [0.1, 0.15) is 48.8 Å². The highest BCUT2D eigenvalue weighted by Gasteiger charge is 2.35. The molecular formula is C32H36ClN3O5S. The Hall–Kier alpha value is -3.66. The summed E-state index contributed by atoms with van der Waals surface area (Å²) in [6.07, 6.45) is 3.27. The molecule has 8 nitrogen and oxygen atoms in total. The van der Waals surface area contributed by atoms with Gasteiger partial charge in [0.05, 0.1) is 15.8 Å². The molecule has 5 rings (SSSR count). The first-order valence-electron chi connectivity index (χ1n) is 13.9. The Morgan fingerprint density at radius 2 is 1.62 bits per heavy atom. The summed E-state index contributed by atoms with van der Waals surface area (Å²) >= 11 is 0. The number of piperidine rings is 1. The lowest BCUT2D eigenvalue weighted by molar-refractivity contribution is 0.207. The molecule has 0 aliphatic carbocycles. The molecule has 3 aromatic carbocycles. The molecule has 0 spiro atoms. The normalized spacial score (nSPS) is 16.0. The minimum absolute atomic E-state index is 0. The van der Waals surface area contributed by atoms with E-state index in [4.69, 9.17) is 4.42 Å². The Morgan fingerprint density at radius 1 is 0.976 bits per heavy atom. The van der Waals surface area contributed by atoms with Crippen molar-refractivity contribution in [2.24, 2.45) is 11.0 Å². The number of aromatic hydroxyl groups is 1. The number of aryl methyl sites for hydroxylation is 1. The highest BCUT2D eigenvalue weighted by Crippen LogP contribution is 2.39. The van der Waals surface area contributed by atoms with Crippen molar-refractivity contribution >= 4 is 39.1 Å².